The van der Waals surface area contributed by atoms with Crippen LogP contribution in [0.15, 0.2) is 45.5 Å². The molecule has 2 N–H and O–H groups in total. The number of hydrogen-bond acceptors (Lipinski definition) is 7. The van der Waals surface area contributed by atoms with E-state index in [1.165, 1.54) is 15.9 Å². The first-order chi connectivity index (χ1) is 14.2. The van der Waals surface area contributed by atoms with Gasteiger partial charge in [0.15, 0.2) is 5.16 Å². The van der Waals surface area contributed by atoms with Crippen LogP contribution >= 0.6 is 34.4 Å². The van der Waals surface area contributed by atoms with Crippen molar-refractivity contribution in [2.45, 2.75) is 38.0 Å². The van der Waals surface area contributed by atoms with Crippen molar-refractivity contribution in [3.05, 3.63) is 45.9 Å². The van der Waals surface area contributed by atoms with Crippen molar-refractivity contribution in [3.8, 4) is 10.4 Å². The van der Waals surface area contributed by atoms with Gasteiger partial charge in [-0.25, -0.2) is 9.78 Å². The van der Waals surface area contributed by atoms with E-state index in [-0.39, 0.29) is 17.9 Å². The van der Waals surface area contributed by atoms with Gasteiger partial charge in [-0.3, -0.25) is 19.5 Å². The summed E-state index contributed by atoms with van der Waals surface area (Å²) >= 11 is 4.07. The van der Waals surface area contributed by atoms with Crippen molar-refractivity contribution in [2.24, 2.45) is 0 Å². The Morgan fingerprint density at radius 3 is 2.73 bits per heavy atom. The van der Waals surface area contributed by atoms with Crippen molar-refractivity contribution in [1.82, 2.24) is 20.2 Å². The van der Waals surface area contributed by atoms with Crippen LogP contribution in [0.25, 0.3) is 20.7 Å². The van der Waals surface area contributed by atoms with E-state index in [2.05, 4.69) is 22.2 Å². The fraction of sp³-hybridized carbons (Fsp3) is 0.300. The number of thioether (sulfide) groups is 1. The lowest BCUT2D eigenvalue weighted by atomic mass is 10.1. The second kappa shape index (κ2) is 9.15. The highest BCUT2D eigenvalue weighted by Crippen LogP contribution is 2.34. The van der Waals surface area contributed by atoms with Crippen LogP contribution in [-0.4, -0.2) is 32.8 Å². The molecule has 0 atom stereocenters. The van der Waals surface area contributed by atoms with E-state index in [0.29, 0.717) is 15.4 Å². The van der Waals surface area contributed by atoms with Gasteiger partial charge in [-0.15, -0.1) is 29.3 Å². The average Bonchev–Trinajstić information content (AvgIpc) is 3.30. The maximum Gasteiger partial charge on any atom is 0.321 e. The van der Waals surface area contributed by atoms with E-state index in [4.69, 9.17) is 0 Å². The summed E-state index contributed by atoms with van der Waals surface area (Å²) in [6.45, 7) is 9.47. The van der Waals surface area contributed by atoms with E-state index in [1.807, 2.05) is 43.7 Å². The zero-order valence-electron chi connectivity index (χ0n) is 16.9. The second-order valence-electron chi connectivity index (χ2n) is 7.45. The summed E-state index contributed by atoms with van der Waals surface area (Å²) in [5.74, 6) is -0.512. The summed E-state index contributed by atoms with van der Waals surface area (Å²) in [5, 5.41) is 9.84. The number of rotatable bonds is 6. The lowest BCUT2D eigenvalue weighted by Gasteiger charge is -2.20. The molecule has 0 unspecified atom stereocenters. The molecule has 158 valence electrons. The highest BCUT2D eigenvalue weighted by Gasteiger charge is 2.19. The molecule has 30 heavy (non-hydrogen) atoms. The molecule has 0 bridgehead atoms. The number of thiophene rings is 2. The number of carbonyl (C=O) groups excluding carboxylic acids is 2. The molecule has 0 saturated heterocycles. The molecule has 7 nitrogen and oxygen atoms in total. The third kappa shape index (κ3) is 5.18. The van der Waals surface area contributed by atoms with E-state index in [1.54, 1.807) is 17.4 Å². The van der Waals surface area contributed by atoms with E-state index in [0.717, 1.165) is 22.2 Å². The van der Waals surface area contributed by atoms with Gasteiger partial charge in [0.1, 0.15) is 4.83 Å². The standard InChI is InChI=1S/C20H22N4O3S3/c1-5-8-24-17(26)15-12(13-7-6-9-28-13)10-29-16(15)22-19(24)30-11-14(25)21-18(27)23-20(2,3)4/h5-7,9-10H,1,8,11H2,2-4H3,(H2,21,23,25,27). The van der Waals surface area contributed by atoms with E-state index < -0.39 is 17.5 Å². The monoisotopic (exact) mass is 462 g/mol. The highest BCUT2D eigenvalue weighted by molar-refractivity contribution is 7.99. The predicted octanol–water partition coefficient (Wildman–Crippen LogP) is 4.09. The molecule has 0 radical (unpaired) electrons. The Bertz CT molecular complexity index is 1140. The number of amides is 3. The summed E-state index contributed by atoms with van der Waals surface area (Å²) < 4.78 is 1.51. The first kappa shape index (κ1) is 22.3. The van der Waals surface area contributed by atoms with Gasteiger partial charge >= 0.3 is 6.03 Å². The van der Waals surface area contributed by atoms with Crippen molar-refractivity contribution < 1.29 is 9.59 Å². The van der Waals surface area contributed by atoms with Crippen LogP contribution in [0.5, 0.6) is 0 Å². The van der Waals surface area contributed by atoms with Crippen LogP contribution < -0.4 is 16.2 Å². The summed E-state index contributed by atoms with van der Waals surface area (Å²) in [5.41, 5.74) is 0.250. The molecule has 0 saturated carbocycles. The van der Waals surface area contributed by atoms with E-state index in [9.17, 15) is 14.4 Å². The van der Waals surface area contributed by atoms with Crippen LogP contribution in [0.1, 0.15) is 20.8 Å². The molecule has 0 fully saturated rings. The molecule has 0 aliphatic rings. The fourth-order valence-corrected chi connectivity index (χ4v) is 5.30. The van der Waals surface area contributed by atoms with Crippen molar-refractivity contribution in [2.75, 3.05) is 5.75 Å². The van der Waals surface area contributed by atoms with Gasteiger partial charge in [-0.1, -0.05) is 23.9 Å². The van der Waals surface area contributed by atoms with Gasteiger partial charge in [0.25, 0.3) is 5.56 Å². The molecule has 3 amide bonds. The molecular formula is C20H22N4O3S3. The van der Waals surface area contributed by atoms with Crippen molar-refractivity contribution in [3.63, 3.8) is 0 Å². The number of allylic oxidation sites excluding steroid dienone is 1. The van der Waals surface area contributed by atoms with Crippen LogP contribution in [0, 0.1) is 0 Å². The molecule has 3 aromatic heterocycles. The number of hydrogen-bond donors (Lipinski definition) is 2. The average molecular weight is 463 g/mol. The molecule has 0 aliphatic carbocycles. The molecule has 3 rings (SSSR count). The van der Waals surface area contributed by atoms with Crippen molar-refractivity contribution in [1.29, 1.82) is 0 Å². The Morgan fingerprint density at radius 2 is 2.10 bits per heavy atom. The predicted molar refractivity (Wildman–Crippen MR) is 125 cm³/mol. The Kier molecular flexibility index (Phi) is 6.79. The van der Waals surface area contributed by atoms with E-state index >= 15 is 0 Å². The molecule has 0 aliphatic heterocycles. The van der Waals surface area contributed by atoms with Gasteiger partial charge in [-0.05, 0) is 32.2 Å². The van der Waals surface area contributed by atoms with Crippen LogP contribution in [0.3, 0.4) is 0 Å². The SMILES string of the molecule is C=CCn1c(SCC(=O)NC(=O)NC(C)(C)C)nc2scc(-c3cccs3)c2c1=O. The van der Waals surface area contributed by atoms with Gasteiger partial charge in [0.05, 0.1) is 11.1 Å². The lowest BCUT2D eigenvalue weighted by Crippen LogP contribution is -2.48. The minimum atomic E-state index is -0.557. The number of carbonyl (C=O) groups is 2. The number of imide groups is 1. The summed E-state index contributed by atoms with van der Waals surface area (Å²) in [6.07, 6.45) is 1.62. The number of nitrogens with one attached hydrogen (secondary N) is 2. The zero-order chi connectivity index (χ0) is 21.9. The molecule has 0 spiro atoms. The van der Waals surface area contributed by atoms with Crippen LogP contribution in [-0.2, 0) is 11.3 Å². The van der Waals surface area contributed by atoms with Crippen molar-refractivity contribution >= 4 is 56.6 Å². The highest BCUT2D eigenvalue weighted by atomic mass is 32.2. The maximum absolute atomic E-state index is 13.2. The molecular weight excluding hydrogens is 440 g/mol. The Balaban J connectivity index is 1.84. The quantitative estimate of drug-likeness (QED) is 0.327. The first-order valence-corrected chi connectivity index (χ1v) is 11.9. The summed E-state index contributed by atoms with van der Waals surface area (Å²) in [4.78, 5) is 43.5. The zero-order valence-corrected chi connectivity index (χ0v) is 19.3. The Hall–Kier alpha value is -2.43. The number of nitrogens with zero attached hydrogens (tertiary/aromatic N) is 2. The first-order valence-electron chi connectivity index (χ1n) is 9.11. The minimum absolute atomic E-state index is 0.0458. The lowest BCUT2D eigenvalue weighted by molar-refractivity contribution is -0.117. The summed E-state index contributed by atoms with van der Waals surface area (Å²) in [6, 6.07) is 3.36. The molecule has 10 heteroatoms. The Labute approximate surface area is 186 Å². The number of aromatic nitrogens is 2. The number of urea groups is 1. The molecule has 3 heterocycles. The Morgan fingerprint density at radius 1 is 1.33 bits per heavy atom. The van der Waals surface area contributed by atoms with Crippen LogP contribution in [0.4, 0.5) is 4.79 Å². The minimum Gasteiger partial charge on any atom is -0.333 e. The summed E-state index contributed by atoms with van der Waals surface area (Å²) in [7, 11) is 0. The maximum atomic E-state index is 13.2. The number of fused-ring (bicyclic) bond motifs is 1. The van der Waals surface area contributed by atoms with Crippen LogP contribution in [0.2, 0.25) is 0 Å². The van der Waals surface area contributed by atoms with Gasteiger partial charge < -0.3 is 5.32 Å². The topological polar surface area (TPSA) is 93.1 Å². The fourth-order valence-electron chi connectivity index (χ4n) is 2.68. The largest absolute Gasteiger partial charge is 0.333 e. The molecule has 3 aromatic rings. The second-order valence-corrected chi connectivity index (χ2v) is 10.2. The van der Waals surface area contributed by atoms with Gasteiger partial charge in [0, 0.05) is 27.9 Å². The van der Waals surface area contributed by atoms with Gasteiger partial charge in [-0.2, -0.15) is 0 Å². The normalized spacial score (nSPS) is 11.4. The van der Waals surface area contributed by atoms with Gasteiger partial charge in [0.2, 0.25) is 5.91 Å². The third-order valence-corrected chi connectivity index (χ3v) is 6.58. The third-order valence-electron chi connectivity index (χ3n) is 3.83. The molecule has 0 aromatic carbocycles. The smallest absolute Gasteiger partial charge is 0.321 e.